The van der Waals surface area contributed by atoms with E-state index in [9.17, 15) is 24.6 Å². The molecule has 0 aliphatic heterocycles. The molecule has 2 rings (SSSR count). The first kappa shape index (κ1) is 17.3. The Morgan fingerprint density at radius 1 is 1.09 bits per heavy atom. The zero-order valence-electron chi connectivity index (χ0n) is 11.0. The van der Waals surface area contributed by atoms with Crippen molar-refractivity contribution in [2.45, 2.75) is 0 Å². The quantitative estimate of drug-likeness (QED) is 0.562. The average Bonchev–Trinajstić information content (AvgIpc) is 2.40. The molecule has 0 unspecified atom stereocenters. The minimum absolute atomic E-state index is 0.00345. The van der Waals surface area contributed by atoms with Crippen LogP contribution >= 0.6 is 39.1 Å². The van der Waals surface area contributed by atoms with Crippen molar-refractivity contribution in [1.82, 2.24) is 4.98 Å². The molecule has 7 nitrogen and oxygen atoms in total. The highest BCUT2D eigenvalue weighted by atomic mass is 79.9. The number of rotatable bonds is 3. The molecular formula is C13H7BrCl2N2O5. The van der Waals surface area contributed by atoms with Crippen molar-refractivity contribution in [2.24, 2.45) is 0 Å². The lowest BCUT2D eigenvalue weighted by molar-refractivity contribution is 0.0695. The van der Waals surface area contributed by atoms with Crippen molar-refractivity contribution in [3.63, 3.8) is 0 Å². The van der Waals surface area contributed by atoms with Crippen LogP contribution in [0.3, 0.4) is 0 Å². The summed E-state index contributed by atoms with van der Waals surface area (Å²) in [7, 11) is 0. The van der Waals surface area contributed by atoms with Crippen molar-refractivity contribution >= 4 is 56.9 Å². The van der Waals surface area contributed by atoms with Gasteiger partial charge in [0, 0.05) is 20.6 Å². The number of benzene rings is 1. The molecular weight excluding hydrogens is 415 g/mol. The maximum atomic E-state index is 11.9. The van der Waals surface area contributed by atoms with Crippen LogP contribution in [0.1, 0.15) is 20.7 Å². The second-order valence-corrected chi connectivity index (χ2v) is 6.02. The number of carboxylic acids is 2. The molecule has 23 heavy (non-hydrogen) atoms. The van der Waals surface area contributed by atoms with Crippen molar-refractivity contribution < 1.29 is 19.8 Å². The van der Waals surface area contributed by atoms with Crippen LogP contribution in [0.4, 0.5) is 5.82 Å². The van der Waals surface area contributed by atoms with Gasteiger partial charge in [-0.2, -0.15) is 0 Å². The third-order valence-electron chi connectivity index (χ3n) is 2.95. The number of nitrogens with one attached hydrogen (secondary N) is 1. The van der Waals surface area contributed by atoms with E-state index < -0.39 is 40.0 Å². The molecule has 1 aromatic carbocycles. The second kappa shape index (κ2) is 6.23. The number of anilines is 1. The molecule has 0 radical (unpaired) electrons. The van der Waals surface area contributed by atoms with Gasteiger partial charge in [0.2, 0.25) is 0 Å². The Balaban J connectivity index is 3.06. The van der Waals surface area contributed by atoms with Crippen molar-refractivity contribution in [2.75, 3.05) is 5.73 Å². The number of carbonyl (C=O) groups is 2. The van der Waals surface area contributed by atoms with Gasteiger partial charge < -0.3 is 20.9 Å². The van der Waals surface area contributed by atoms with Gasteiger partial charge in [-0.3, -0.25) is 4.79 Å². The summed E-state index contributed by atoms with van der Waals surface area (Å²) in [5.74, 6) is -3.64. The Kier molecular flexibility index (Phi) is 4.69. The fourth-order valence-corrected chi connectivity index (χ4v) is 2.93. The molecule has 1 aromatic heterocycles. The molecule has 0 amide bonds. The van der Waals surface area contributed by atoms with E-state index >= 15 is 0 Å². The lowest BCUT2D eigenvalue weighted by Gasteiger charge is -2.14. The molecule has 0 atom stereocenters. The summed E-state index contributed by atoms with van der Waals surface area (Å²) in [4.78, 5) is 36.8. The Hall–Kier alpha value is -2.03. The molecule has 0 saturated heterocycles. The predicted octanol–water partition coefficient (Wildman–Crippen LogP) is 3.09. The number of nitrogen functional groups attached to an aromatic ring is 1. The maximum Gasteiger partial charge on any atom is 0.342 e. The SMILES string of the molecule is Nc1[nH]c(=O)c(C(=O)O)c(-c2cc(Cl)c(Br)cc2Cl)c1C(=O)O. The predicted molar refractivity (Wildman–Crippen MR) is 88.5 cm³/mol. The van der Waals surface area contributed by atoms with Crippen molar-refractivity contribution in [1.29, 1.82) is 0 Å². The first-order valence-electron chi connectivity index (χ1n) is 5.82. The van der Waals surface area contributed by atoms with Gasteiger partial charge in [0.25, 0.3) is 5.56 Å². The summed E-state index contributed by atoms with van der Waals surface area (Å²) in [5, 5.41) is 18.8. The van der Waals surface area contributed by atoms with Crippen LogP contribution in [0.25, 0.3) is 11.1 Å². The number of aromatic amines is 1. The Labute approximate surface area is 146 Å². The lowest BCUT2D eigenvalue weighted by Crippen LogP contribution is -2.24. The summed E-state index contributed by atoms with van der Waals surface area (Å²) >= 11 is 15.2. The molecule has 0 spiro atoms. The standard InChI is InChI=1S/C13H7BrCl2N2O5/c14-4-2-5(15)3(1-6(4)16)7-8(12(20)21)10(17)18-11(19)9(7)13(22)23/h1-2H,(H,20,21)(H,22,23)(H3,17,18,19). The molecule has 10 heteroatoms. The zero-order valence-corrected chi connectivity index (χ0v) is 14.1. The third-order valence-corrected chi connectivity index (χ3v) is 4.46. The normalized spacial score (nSPS) is 10.6. The molecule has 0 fully saturated rings. The van der Waals surface area contributed by atoms with Gasteiger partial charge in [-0.25, -0.2) is 9.59 Å². The number of aromatic nitrogens is 1. The monoisotopic (exact) mass is 420 g/mol. The number of carboxylic acid groups (broad SMARTS) is 2. The Morgan fingerprint density at radius 3 is 2.17 bits per heavy atom. The third kappa shape index (κ3) is 3.05. The molecule has 2 aromatic rings. The number of hydrogen-bond acceptors (Lipinski definition) is 4. The Bertz CT molecular complexity index is 910. The van der Waals surface area contributed by atoms with Crippen molar-refractivity contribution in [3.8, 4) is 11.1 Å². The van der Waals surface area contributed by atoms with E-state index in [1.807, 2.05) is 4.98 Å². The minimum Gasteiger partial charge on any atom is -0.478 e. The van der Waals surface area contributed by atoms with Gasteiger partial charge in [-0.15, -0.1) is 0 Å². The molecule has 120 valence electrons. The van der Waals surface area contributed by atoms with Crippen LogP contribution in [-0.2, 0) is 0 Å². The number of H-pyrrole nitrogens is 1. The fourth-order valence-electron chi connectivity index (χ4n) is 2.03. The van der Waals surface area contributed by atoms with Crippen LogP contribution in [-0.4, -0.2) is 27.1 Å². The van der Waals surface area contributed by atoms with E-state index in [4.69, 9.17) is 28.9 Å². The van der Waals surface area contributed by atoms with Crippen LogP contribution in [0.2, 0.25) is 10.0 Å². The number of aromatic carboxylic acids is 2. The van der Waals surface area contributed by atoms with Gasteiger partial charge in [0.15, 0.2) is 0 Å². The molecule has 1 heterocycles. The largest absolute Gasteiger partial charge is 0.478 e. The van der Waals surface area contributed by atoms with Gasteiger partial charge in [0.1, 0.15) is 16.9 Å². The van der Waals surface area contributed by atoms with E-state index in [1.165, 1.54) is 12.1 Å². The fraction of sp³-hybridized carbons (Fsp3) is 0. The lowest BCUT2D eigenvalue weighted by atomic mass is 9.95. The number of pyridine rings is 1. The topological polar surface area (TPSA) is 133 Å². The highest BCUT2D eigenvalue weighted by molar-refractivity contribution is 9.10. The average molecular weight is 422 g/mol. The first-order valence-corrected chi connectivity index (χ1v) is 7.37. The van der Waals surface area contributed by atoms with Crippen LogP contribution in [0, 0.1) is 0 Å². The van der Waals surface area contributed by atoms with E-state index in [1.54, 1.807) is 0 Å². The van der Waals surface area contributed by atoms with E-state index in [2.05, 4.69) is 15.9 Å². The number of hydrogen-bond donors (Lipinski definition) is 4. The van der Waals surface area contributed by atoms with Crippen LogP contribution in [0.5, 0.6) is 0 Å². The van der Waals surface area contributed by atoms with Gasteiger partial charge >= 0.3 is 11.9 Å². The summed E-state index contributed by atoms with van der Waals surface area (Å²) < 4.78 is 0.416. The first-order chi connectivity index (χ1) is 10.6. The minimum atomic E-state index is -1.63. The Morgan fingerprint density at radius 2 is 1.65 bits per heavy atom. The molecule has 5 N–H and O–H groups in total. The van der Waals surface area contributed by atoms with E-state index in [0.717, 1.165) is 0 Å². The highest BCUT2D eigenvalue weighted by Crippen LogP contribution is 2.38. The maximum absolute atomic E-state index is 11.9. The summed E-state index contributed by atoms with van der Waals surface area (Å²) in [6, 6.07) is 2.61. The summed E-state index contributed by atoms with van der Waals surface area (Å²) in [6.45, 7) is 0. The van der Waals surface area contributed by atoms with E-state index in [-0.39, 0.29) is 15.6 Å². The van der Waals surface area contributed by atoms with Gasteiger partial charge in [0.05, 0.1) is 5.02 Å². The highest BCUT2D eigenvalue weighted by Gasteiger charge is 2.28. The smallest absolute Gasteiger partial charge is 0.342 e. The molecule has 0 saturated carbocycles. The molecule has 0 aliphatic carbocycles. The summed E-state index contributed by atoms with van der Waals surface area (Å²) in [5.41, 5.74) is 2.66. The van der Waals surface area contributed by atoms with Crippen LogP contribution < -0.4 is 11.3 Å². The van der Waals surface area contributed by atoms with Gasteiger partial charge in [-0.05, 0) is 28.1 Å². The van der Waals surface area contributed by atoms with Gasteiger partial charge in [-0.1, -0.05) is 23.2 Å². The molecule has 0 bridgehead atoms. The number of nitrogens with two attached hydrogens (primary N) is 1. The zero-order chi connectivity index (χ0) is 17.5. The molecule has 0 aliphatic rings. The number of halogens is 3. The van der Waals surface area contributed by atoms with Crippen LogP contribution in [0.15, 0.2) is 21.4 Å². The van der Waals surface area contributed by atoms with E-state index in [0.29, 0.717) is 4.47 Å². The second-order valence-electron chi connectivity index (χ2n) is 4.35. The van der Waals surface area contributed by atoms with Crippen molar-refractivity contribution in [3.05, 3.63) is 48.1 Å². The summed E-state index contributed by atoms with van der Waals surface area (Å²) in [6.07, 6.45) is 0.